The lowest BCUT2D eigenvalue weighted by atomic mass is 10.1. The zero-order valence-electron chi connectivity index (χ0n) is 10.7. The lowest BCUT2D eigenvalue weighted by Crippen LogP contribution is -2.13. The van der Waals surface area contributed by atoms with Crippen LogP contribution in [-0.4, -0.2) is 6.09 Å². The highest BCUT2D eigenvalue weighted by atomic mass is 16.6. The van der Waals surface area contributed by atoms with Crippen molar-refractivity contribution in [2.45, 2.75) is 6.61 Å². The molecule has 1 heterocycles. The lowest BCUT2D eigenvalue weighted by Gasteiger charge is -2.08. The minimum Gasteiger partial charge on any atom is -0.466 e. The molecule has 1 N–H and O–H groups in total. The molecule has 0 aliphatic rings. The van der Waals surface area contributed by atoms with Crippen LogP contribution in [-0.2, 0) is 11.3 Å². The van der Waals surface area contributed by atoms with Crippen LogP contribution in [0.4, 0.5) is 10.5 Å². The van der Waals surface area contributed by atoms with Crippen molar-refractivity contribution in [2.75, 3.05) is 5.32 Å². The molecule has 1 amide bonds. The number of nitrogens with one attached hydrogen (secondary N) is 1. The fourth-order valence-corrected chi connectivity index (χ4v) is 2.01. The summed E-state index contributed by atoms with van der Waals surface area (Å²) >= 11 is 0. The first kappa shape index (κ1) is 12.3. The van der Waals surface area contributed by atoms with Gasteiger partial charge in [0.1, 0.15) is 5.76 Å². The Bertz CT molecular complexity index is 714. The summed E-state index contributed by atoms with van der Waals surface area (Å²) in [5, 5.41) is 4.79. The standard InChI is InChI=1S/C16H13NO3/c18-16(20-11-13-7-4-10-19-13)17-15-9-3-6-12-5-1-2-8-14(12)15/h1-10H,11H2,(H,17,18). The van der Waals surface area contributed by atoms with Crippen molar-refractivity contribution < 1.29 is 13.9 Å². The Morgan fingerprint density at radius 3 is 2.75 bits per heavy atom. The number of benzene rings is 2. The van der Waals surface area contributed by atoms with Crippen LogP contribution in [0.1, 0.15) is 5.76 Å². The third-order valence-electron chi connectivity index (χ3n) is 2.95. The van der Waals surface area contributed by atoms with Gasteiger partial charge in [0.15, 0.2) is 6.61 Å². The number of furan rings is 1. The summed E-state index contributed by atoms with van der Waals surface area (Å²) in [4.78, 5) is 11.8. The number of anilines is 1. The van der Waals surface area contributed by atoms with Crippen LogP contribution in [0.25, 0.3) is 10.8 Å². The topological polar surface area (TPSA) is 51.5 Å². The smallest absolute Gasteiger partial charge is 0.412 e. The summed E-state index contributed by atoms with van der Waals surface area (Å²) in [5.41, 5.74) is 0.729. The molecule has 0 unspecified atom stereocenters. The minimum atomic E-state index is -0.502. The SMILES string of the molecule is O=C(Nc1cccc2ccccc12)OCc1ccco1. The molecule has 0 fully saturated rings. The molecule has 0 aliphatic carbocycles. The van der Waals surface area contributed by atoms with Gasteiger partial charge < -0.3 is 9.15 Å². The van der Waals surface area contributed by atoms with Gasteiger partial charge in [-0.3, -0.25) is 5.32 Å². The molecule has 0 spiro atoms. The van der Waals surface area contributed by atoms with Crippen LogP contribution >= 0.6 is 0 Å². The molecule has 0 saturated carbocycles. The number of carbonyl (C=O) groups excluding carboxylic acids is 1. The molecule has 0 saturated heterocycles. The lowest BCUT2D eigenvalue weighted by molar-refractivity contribution is 0.146. The van der Waals surface area contributed by atoms with Crippen molar-refractivity contribution in [3.8, 4) is 0 Å². The van der Waals surface area contributed by atoms with Crippen molar-refractivity contribution in [1.29, 1.82) is 0 Å². The molecule has 3 rings (SSSR count). The molecular weight excluding hydrogens is 254 g/mol. The number of rotatable bonds is 3. The minimum absolute atomic E-state index is 0.115. The molecule has 0 radical (unpaired) electrons. The molecule has 3 aromatic rings. The van der Waals surface area contributed by atoms with E-state index in [0.717, 1.165) is 16.5 Å². The Hall–Kier alpha value is -2.75. The van der Waals surface area contributed by atoms with E-state index in [2.05, 4.69) is 5.32 Å². The van der Waals surface area contributed by atoms with Gasteiger partial charge in [-0.15, -0.1) is 0 Å². The monoisotopic (exact) mass is 267 g/mol. The highest BCUT2D eigenvalue weighted by molar-refractivity contribution is 6.00. The fraction of sp³-hybridized carbons (Fsp3) is 0.0625. The van der Waals surface area contributed by atoms with Crippen LogP contribution in [0.3, 0.4) is 0 Å². The second kappa shape index (κ2) is 5.48. The van der Waals surface area contributed by atoms with Crippen LogP contribution in [0.2, 0.25) is 0 Å². The summed E-state index contributed by atoms with van der Waals surface area (Å²) in [6.45, 7) is 0.115. The van der Waals surface area contributed by atoms with E-state index in [4.69, 9.17) is 9.15 Å². The van der Waals surface area contributed by atoms with Gasteiger partial charge in [-0.25, -0.2) is 4.79 Å². The van der Waals surface area contributed by atoms with Crippen LogP contribution in [0.15, 0.2) is 65.3 Å². The molecule has 2 aromatic carbocycles. The zero-order valence-corrected chi connectivity index (χ0v) is 10.7. The molecule has 100 valence electrons. The summed E-state index contributed by atoms with van der Waals surface area (Å²) in [6.07, 6.45) is 1.04. The molecule has 20 heavy (non-hydrogen) atoms. The highest BCUT2D eigenvalue weighted by Gasteiger charge is 2.07. The molecule has 4 nitrogen and oxygen atoms in total. The van der Waals surface area contributed by atoms with Crippen molar-refractivity contribution >= 4 is 22.6 Å². The number of ether oxygens (including phenoxy) is 1. The molecule has 1 aromatic heterocycles. The average Bonchev–Trinajstić information content (AvgIpc) is 2.99. The third kappa shape index (κ3) is 2.64. The van der Waals surface area contributed by atoms with Crippen molar-refractivity contribution in [3.05, 3.63) is 66.6 Å². The molecule has 0 bridgehead atoms. The van der Waals surface area contributed by atoms with E-state index in [1.807, 2.05) is 42.5 Å². The summed E-state index contributed by atoms with van der Waals surface area (Å²) in [7, 11) is 0. The van der Waals surface area contributed by atoms with Crippen LogP contribution < -0.4 is 5.32 Å². The maximum Gasteiger partial charge on any atom is 0.412 e. The van der Waals surface area contributed by atoms with Gasteiger partial charge in [-0.05, 0) is 23.6 Å². The van der Waals surface area contributed by atoms with E-state index in [-0.39, 0.29) is 6.61 Å². The number of hydrogen-bond acceptors (Lipinski definition) is 3. The Morgan fingerprint density at radius 2 is 1.90 bits per heavy atom. The predicted molar refractivity (Wildman–Crippen MR) is 76.5 cm³/mol. The van der Waals surface area contributed by atoms with E-state index >= 15 is 0 Å². The van der Waals surface area contributed by atoms with Crippen molar-refractivity contribution in [3.63, 3.8) is 0 Å². The van der Waals surface area contributed by atoms with Crippen LogP contribution in [0.5, 0.6) is 0 Å². The Morgan fingerprint density at radius 1 is 1.05 bits per heavy atom. The van der Waals surface area contributed by atoms with Gasteiger partial charge in [0.25, 0.3) is 0 Å². The summed E-state index contributed by atoms with van der Waals surface area (Å²) in [5.74, 6) is 0.609. The number of hydrogen-bond donors (Lipinski definition) is 1. The summed E-state index contributed by atoms with van der Waals surface area (Å²) in [6, 6.07) is 17.1. The quantitative estimate of drug-likeness (QED) is 0.774. The van der Waals surface area contributed by atoms with Crippen molar-refractivity contribution in [2.24, 2.45) is 0 Å². The Labute approximate surface area is 116 Å². The molecule has 0 atom stereocenters. The second-order valence-corrected chi connectivity index (χ2v) is 4.31. The van der Waals surface area contributed by atoms with Gasteiger partial charge in [-0.1, -0.05) is 36.4 Å². The number of amides is 1. The van der Waals surface area contributed by atoms with Crippen molar-refractivity contribution in [1.82, 2.24) is 0 Å². The van der Waals surface area contributed by atoms with E-state index in [0.29, 0.717) is 5.76 Å². The first-order valence-electron chi connectivity index (χ1n) is 6.27. The second-order valence-electron chi connectivity index (χ2n) is 4.31. The van der Waals surface area contributed by atoms with Crippen LogP contribution in [0, 0.1) is 0 Å². The average molecular weight is 267 g/mol. The first-order chi connectivity index (χ1) is 9.83. The number of carbonyl (C=O) groups is 1. The first-order valence-corrected chi connectivity index (χ1v) is 6.27. The number of fused-ring (bicyclic) bond motifs is 1. The fourth-order valence-electron chi connectivity index (χ4n) is 2.01. The Balaban J connectivity index is 1.71. The van der Waals surface area contributed by atoms with E-state index < -0.39 is 6.09 Å². The normalized spacial score (nSPS) is 10.4. The van der Waals surface area contributed by atoms with Gasteiger partial charge in [0.05, 0.1) is 12.0 Å². The maximum atomic E-state index is 11.8. The van der Waals surface area contributed by atoms with E-state index in [1.54, 1.807) is 18.4 Å². The Kier molecular flexibility index (Phi) is 3.37. The van der Waals surface area contributed by atoms with E-state index in [9.17, 15) is 4.79 Å². The molecule has 4 heteroatoms. The highest BCUT2D eigenvalue weighted by Crippen LogP contribution is 2.23. The van der Waals surface area contributed by atoms with E-state index in [1.165, 1.54) is 0 Å². The predicted octanol–water partition coefficient (Wildman–Crippen LogP) is 4.18. The third-order valence-corrected chi connectivity index (χ3v) is 2.95. The maximum absolute atomic E-state index is 11.8. The van der Waals surface area contributed by atoms with Gasteiger partial charge >= 0.3 is 6.09 Å². The molecule has 0 aliphatic heterocycles. The van der Waals surface area contributed by atoms with Gasteiger partial charge in [0.2, 0.25) is 0 Å². The summed E-state index contributed by atoms with van der Waals surface area (Å²) < 4.78 is 10.2. The zero-order chi connectivity index (χ0) is 13.8. The molecular formula is C16H13NO3. The van der Waals surface area contributed by atoms with Gasteiger partial charge in [-0.2, -0.15) is 0 Å². The largest absolute Gasteiger partial charge is 0.466 e. The van der Waals surface area contributed by atoms with Gasteiger partial charge in [0, 0.05) is 5.39 Å².